The van der Waals surface area contributed by atoms with Crippen LogP contribution in [0.2, 0.25) is 0 Å². The molecule has 1 atom stereocenters. The lowest BCUT2D eigenvalue weighted by molar-refractivity contribution is -0.399. The minimum absolute atomic E-state index is 0.00947. The lowest BCUT2D eigenvalue weighted by Crippen LogP contribution is -2.78. The molecule has 0 aliphatic heterocycles. The third-order valence-electron chi connectivity index (χ3n) is 7.17. The van der Waals surface area contributed by atoms with Gasteiger partial charge in [-0.15, -0.1) is 0 Å². The number of aliphatic hydroxyl groups excluding tert-OH is 1. The molecule has 2 amide bonds. The van der Waals surface area contributed by atoms with Crippen LogP contribution in [0.15, 0.2) is 36.4 Å². The number of nitrogens with zero attached hydrogens (tertiary/aromatic N) is 2. The van der Waals surface area contributed by atoms with Crippen molar-refractivity contribution in [1.82, 2.24) is 15.1 Å². The second-order valence-electron chi connectivity index (χ2n) is 10.8. The van der Waals surface area contributed by atoms with Gasteiger partial charge in [0.1, 0.15) is 18.2 Å². The topological polar surface area (TPSA) is 241 Å². The van der Waals surface area contributed by atoms with Crippen molar-refractivity contribution >= 4 is 18.6 Å². The van der Waals surface area contributed by atoms with E-state index in [1.807, 2.05) is 19.2 Å². The highest BCUT2D eigenvalue weighted by molar-refractivity contribution is 5.88. The second-order valence-corrected chi connectivity index (χ2v) is 10.8. The highest BCUT2D eigenvalue weighted by Gasteiger charge is 2.68. The Kier molecular flexibility index (Phi) is 12.3. The monoisotopic (exact) mass is 641 g/mol. The fourth-order valence-corrected chi connectivity index (χ4v) is 4.56. The Morgan fingerprint density at radius 1 is 1.07 bits per heavy atom. The van der Waals surface area contributed by atoms with Gasteiger partial charge < -0.3 is 50.9 Å². The van der Waals surface area contributed by atoms with E-state index in [0.29, 0.717) is 5.56 Å². The quantitative estimate of drug-likeness (QED) is 0.0654. The zero-order valence-corrected chi connectivity index (χ0v) is 25.2. The number of aldehydes is 1. The van der Waals surface area contributed by atoms with Crippen molar-refractivity contribution < 1.29 is 64.4 Å². The average molecular weight is 642 g/mol. The first kappa shape index (κ1) is 37.6. The summed E-state index contributed by atoms with van der Waals surface area (Å²) in [6, 6.07) is 7.80. The first-order valence-corrected chi connectivity index (χ1v) is 13.7. The third kappa shape index (κ3) is 7.63. The van der Waals surface area contributed by atoms with Crippen LogP contribution in [0.3, 0.4) is 0 Å². The lowest BCUT2D eigenvalue weighted by Gasteiger charge is -2.46. The summed E-state index contributed by atoms with van der Waals surface area (Å²) in [6.45, 7) is 3.61. The molecule has 0 saturated carbocycles. The first-order chi connectivity index (χ1) is 20.8. The van der Waals surface area contributed by atoms with E-state index in [1.54, 1.807) is 0 Å². The van der Waals surface area contributed by atoms with E-state index in [0.717, 1.165) is 13.1 Å². The molecule has 0 bridgehead atoms. The van der Waals surface area contributed by atoms with Gasteiger partial charge in [0, 0.05) is 36.8 Å². The van der Waals surface area contributed by atoms with Gasteiger partial charge in [0.2, 0.25) is 6.41 Å². The molecule has 0 saturated heterocycles. The minimum Gasteiger partial charge on any atom is -0.488 e. The molecule has 45 heavy (non-hydrogen) atoms. The molecule has 0 fully saturated rings. The fraction of sp³-hybridized carbons (Fsp3) is 0.483. The van der Waals surface area contributed by atoms with E-state index in [-0.39, 0.29) is 59.4 Å². The second kappa shape index (κ2) is 14.7. The average Bonchev–Trinajstić information content (AvgIpc) is 2.98. The van der Waals surface area contributed by atoms with Crippen molar-refractivity contribution in [3.05, 3.63) is 64.5 Å². The molecule has 0 aliphatic rings. The summed E-state index contributed by atoms with van der Waals surface area (Å²) in [5.74, 6) is -13.7. The van der Waals surface area contributed by atoms with Gasteiger partial charge in [0.25, 0.3) is 29.1 Å². The Balaban J connectivity index is 2.45. The number of aryl methyl sites for hydroxylation is 1. The van der Waals surface area contributed by atoms with E-state index in [4.69, 9.17) is 4.74 Å². The van der Waals surface area contributed by atoms with Crippen LogP contribution < -0.4 is 10.1 Å². The summed E-state index contributed by atoms with van der Waals surface area (Å²) in [4.78, 5) is 37.2. The maximum atomic E-state index is 15.2. The molecule has 0 aromatic heterocycles. The van der Waals surface area contributed by atoms with Crippen molar-refractivity contribution in [1.29, 1.82) is 0 Å². The number of amides is 2. The van der Waals surface area contributed by atoms with Crippen LogP contribution in [0.4, 0.5) is 4.39 Å². The summed E-state index contributed by atoms with van der Waals surface area (Å²) < 4.78 is 20.9. The number of nitrogens with one attached hydrogen (secondary N) is 1. The summed E-state index contributed by atoms with van der Waals surface area (Å²) in [5.41, 5.74) is -3.69. The largest absolute Gasteiger partial charge is 0.488 e. The normalized spacial score (nSPS) is 13.8. The molecule has 15 nitrogen and oxygen atoms in total. The molecule has 9 N–H and O–H groups in total. The molecular weight excluding hydrogens is 601 g/mol. The van der Waals surface area contributed by atoms with E-state index < -0.39 is 54.4 Å². The van der Waals surface area contributed by atoms with Crippen molar-refractivity contribution in [2.24, 2.45) is 5.92 Å². The fourth-order valence-electron chi connectivity index (χ4n) is 4.56. The first-order valence-electron chi connectivity index (χ1n) is 13.7. The van der Waals surface area contributed by atoms with Gasteiger partial charge in [-0.2, -0.15) is 0 Å². The molecule has 2 rings (SSSR count). The molecule has 1 unspecified atom stereocenters. The molecule has 16 heteroatoms. The number of halogens is 1. The molecule has 0 radical (unpaired) electrons. The Morgan fingerprint density at radius 2 is 1.71 bits per heavy atom. The van der Waals surface area contributed by atoms with Gasteiger partial charge in [0.15, 0.2) is 6.29 Å². The van der Waals surface area contributed by atoms with E-state index in [1.165, 1.54) is 42.2 Å². The van der Waals surface area contributed by atoms with E-state index in [2.05, 4.69) is 0 Å². The maximum Gasteiger partial charge on any atom is 0.285 e. The summed E-state index contributed by atoms with van der Waals surface area (Å²) in [7, 11) is 0.929. The van der Waals surface area contributed by atoms with Gasteiger partial charge in [-0.3, -0.25) is 19.3 Å². The van der Waals surface area contributed by atoms with Gasteiger partial charge >= 0.3 is 0 Å². The van der Waals surface area contributed by atoms with Gasteiger partial charge in [0.05, 0.1) is 13.2 Å². The van der Waals surface area contributed by atoms with Crippen LogP contribution in [0.25, 0.3) is 0 Å². The van der Waals surface area contributed by atoms with Crippen LogP contribution in [-0.4, -0.2) is 113 Å². The zero-order chi connectivity index (χ0) is 34.4. The Labute approximate surface area is 258 Å². The maximum absolute atomic E-state index is 15.2. The number of hydrogen-bond acceptors (Lipinski definition) is 13. The predicted molar refractivity (Wildman–Crippen MR) is 153 cm³/mol. The van der Waals surface area contributed by atoms with Gasteiger partial charge in [-0.1, -0.05) is 38.1 Å². The summed E-state index contributed by atoms with van der Waals surface area (Å²) in [6.07, 6.45) is -0.973. The predicted octanol–water partition coefficient (Wildman–Crippen LogP) is -2.29. The van der Waals surface area contributed by atoms with Gasteiger partial charge in [-0.05, 0) is 30.5 Å². The van der Waals surface area contributed by atoms with E-state index in [9.17, 15) is 55.2 Å². The van der Waals surface area contributed by atoms with Gasteiger partial charge in [-0.25, -0.2) is 9.29 Å². The zero-order valence-electron chi connectivity index (χ0n) is 25.2. The van der Waals surface area contributed by atoms with E-state index >= 15 is 4.39 Å². The molecule has 0 heterocycles. The summed E-state index contributed by atoms with van der Waals surface area (Å²) >= 11 is 0. The highest BCUT2D eigenvalue weighted by Crippen LogP contribution is 2.35. The minimum atomic E-state index is -4.35. The Bertz CT molecular complexity index is 1350. The number of benzene rings is 2. The lowest BCUT2D eigenvalue weighted by atomic mass is 9.91. The molecule has 250 valence electrons. The molecule has 0 aliphatic carbocycles. The Morgan fingerprint density at radius 3 is 2.22 bits per heavy atom. The van der Waals surface area contributed by atoms with Crippen LogP contribution in [-0.2, 0) is 33.4 Å². The Hall–Kier alpha value is -3.58. The molecule has 0 spiro atoms. The third-order valence-corrected chi connectivity index (χ3v) is 7.17. The number of ether oxygens (including phenoxy) is 1. The number of carbonyl (C=O) groups is 3. The molecule has 2 aromatic carbocycles. The number of hydrogen-bond donors (Lipinski definition) is 9. The number of carbonyl (C=O) groups excluding carboxylic acids is 3. The molecule has 2 aromatic rings. The van der Waals surface area contributed by atoms with Crippen molar-refractivity contribution in [3.63, 3.8) is 0 Å². The van der Waals surface area contributed by atoms with Crippen molar-refractivity contribution in [3.8, 4) is 5.75 Å². The molecular formula is C29H40FN3O12. The SMILES string of the molecule is CNC(=O)C(O)(N(C=O)Cc1c(C)cccc1OCc1ccc(C(O)(O)N(CCO)CC(C)C)cc1F)C(O)(O)C(O)(O)C=O. The smallest absolute Gasteiger partial charge is 0.285 e. The highest BCUT2D eigenvalue weighted by atomic mass is 19.1. The number of aliphatic hydroxyl groups is 8. The summed E-state index contributed by atoms with van der Waals surface area (Å²) in [5, 5.41) is 84.4. The van der Waals surface area contributed by atoms with Crippen molar-refractivity contribution in [2.75, 3.05) is 26.7 Å². The van der Waals surface area contributed by atoms with Crippen LogP contribution in [0, 0.1) is 18.7 Å². The number of rotatable bonds is 17. The van der Waals surface area contributed by atoms with Crippen LogP contribution in [0.5, 0.6) is 5.75 Å². The van der Waals surface area contributed by atoms with Crippen LogP contribution >= 0.6 is 0 Å². The van der Waals surface area contributed by atoms with Crippen LogP contribution in [0.1, 0.15) is 36.1 Å². The number of likely N-dealkylation sites (N-methyl/N-ethyl adjacent to an activating group) is 1. The van der Waals surface area contributed by atoms with Crippen molar-refractivity contribution in [2.45, 2.75) is 57.1 Å². The standard InChI is InChI=1S/C29H40FN3O12/c1-18(2)13-32(10-11-34)28(41,42)21-9-8-20(23(30)12-21)15-45-24-7-5-6-19(3)22(24)14-33(17-36)27(40,25(37)31-4)29(43,44)26(38,39)16-35/h5-9,12,16-18,34,38-44H,10-11,13-15H2,1-4H3,(H,31,37).